The summed E-state index contributed by atoms with van der Waals surface area (Å²) in [5.74, 6) is 4.91. The molecule has 0 aromatic carbocycles. The van der Waals surface area contributed by atoms with Crippen LogP contribution in [0.4, 0.5) is 0 Å². The fourth-order valence-electron chi connectivity index (χ4n) is 13.2. The molecule has 0 amide bonds. The number of hydrogen-bond acceptors (Lipinski definition) is 0. The van der Waals surface area contributed by atoms with Crippen LogP contribution in [0.25, 0.3) is 0 Å². The standard InChI is InChI=1S/C30H50/c1-24(2)19-10-13-27(7,22(24)16-19)29(9)15-12-21-18-30(29,26(21,5)6)28(8)14-11-20-17-23(28)25(20,3)4/h19-23H,10-18H2,1-9H3/t19-,20+,21-,22-,23+,27+,28-,29+,30+/m1/s1. The van der Waals surface area contributed by atoms with E-state index in [0.717, 1.165) is 29.6 Å². The predicted octanol–water partition coefficient (Wildman–Crippen LogP) is 8.74. The second kappa shape index (κ2) is 5.22. The first-order valence-electron chi connectivity index (χ1n) is 13.7. The molecule has 0 nitrogen and oxygen atoms in total. The van der Waals surface area contributed by atoms with E-state index in [1.165, 1.54) is 51.4 Å². The van der Waals surface area contributed by atoms with Crippen molar-refractivity contribution in [3.63, 3.8) is 0 Å². The van der Waals surface area contributed by atoms with Crippen LogP contribution >= 0.6 is 0 Å². The summed E-state index contributed by atoms with van der Waals surface area (Å²) in [6, 6.07) is 0. The highest BCUT2D eigenvalue weighted by atomic mass is 14.9. The van der Waals surface area contributed by atoms with Crippen molar-refractivity contribution >= 4 is 0 Å². The highest BCUT2D eigenvalue weighted by Gasteiger charge is 2.83. The molecular formula is C30H50. The SMILES string of the molecule is CC1(C)[C@@H]2CC[C@](C)([C@]3(C)CC[C@@H]4C[C@@]3([C@]3(C)CC[C@H]5C[C@H]3C5(C)C)C4(C)C)[C@@H]1C2. The van der Waals surface area contributed by atoms with Crippen molar-refractivity contribution in [1.29, 1.82) is 0 Å². The first-order valence-corrected chi connectivity index (χ1v) is 13.7. The number of hydrogen-bond donors (Lipinski definition) is 0. The molecule has 6 bridgehead atoms. The minimum atomic E-state index is 0.499. The maximum atomic E-state index is 2.86. The monoisotopic (exact) mass is 410 g/mol. The van der Waals surface area contributed by atoms with E-state index in [1.807, 2.05) is 0 Å². The largest absolute Gasteiger partial charge is 0.0594 e. The molecule has 0 saturated heterocycles. The van der Waals surface area contributed by atoms with Gasteiger partial charge in [0.25, 0.3) is 0 Å². The van der Waals surface area contributed by atoms with Crippen molar-refractivity contribution in [2.24, 2.45) is 67.5 Å². The van der Waals surface area contributed by atoms with Crippen LogP contribution in [0.15, 0.2) is 0 Å². The summed E-state index contributed by atoms with van der Waals surface area (Å²) < 4.78 is 0. The molecule has 0 aromatic heterocycles. The van der Waals surface area contributed by atoms with Crippen molar-refractivity contribution < 1.29 is 0 Å². The summed E-state index contributed by atoms with van der Waals surface area (Å²) in [4.78, 5) is 0. The first kappa shape index (κ1) is 20.6. The molecule has 30 heavy (non-hydrogen) atoms. The number of rotatable bonds is 2. The summed E-state index contributed by atoms with van der Waals surface area (Å²) in [5, 5.41) is 0. The van der Waals surface area contributed by atoms with Gasteiger partial charge in [0, 0.05) is 0 Å². The topological polar surface area (TPSA) is 0 Å². The Hall–Kier alpha value is 0. The molecule has 0 radical (unpaired) electrons. The van der Waals surface area contributed by atoms with Gasteiger partial charge in [-0.15, -0.1) is 0 Å². The van der Waals surface area contributed by atoms with Gasteiger partial charge in [-0.3, -0.25) is 0 Å². The Bertz CT molecular complexity index is 782. The third-order valence-electron chi connectivity index (χ3n) is 15.3. The molecule has 0 aliphatic heterocycles. The van der Waals surface area contributed by atoms with E-state index in [2.05, 4.69) is 62.3 Å². The zero-order valence-corrected chi connectivity index (χ0v) is 21.8. The lowest BCUT2D eigenvalue weighted by molar-refractivity contribution is -0.387. The fourth-order valence-corrected chi connectivity index (χ4v) is 13.2. The predicted molar refractivity (Wildman–Crippen MR) is 127 cm³/mol. The minimum Gasteiger partial charge on any atom is -0.0594 e. The van der Waals surface area contributed by atoms with E-state index in [0.29, 0.717) is 37.9 Å². The van der Waals surface area contributed by atoms with Crippen molar-refractivity contribution in [1.82, 2.24) is 0 Å². The Kier molecular flexibility index (Phi) is 3.58. The molecule has 9 fully saturated rings. The lowest BCUT2D eigenvalue weighted by Crippen LogP contribution is -2.80. The van der Waals surface area contributed by atoms with Crippen molar-refractivity contribution in [3.8, 4) is 0 Å². The fraction of sp³-hybridized carbons (Fsp3) is 1.00. The lowest BCUT2D eigenvalue weighted by atomic mass is 9.17. The Morgan fingerprint density at radius 3 is 1.47 bits per heavy atom. The van der Waals surface area contributed by atoms with Crippen LogP contribution < -0.4 is 0 Å². The van der Waals surface area contributed by atoms with E-state index >= 15 is 0 Å². The first-order chi connectivity index (χ1) is 13.7. The molecule has 9 aliphatic carbocycles. The van der Waals surface area contributed by atoms with Gasteiger partial charge in [0.1, 0.15) is 0 Å². The lowest BCUT2D eigenvalue weighted by Gasteiger charge is -2.87. The summed E-state index contributed by atoms with van der Waals surface area (Å²) in [6.45, 7) is 24.5. The average molecular weight is 411 g/mol. The summed E-state index contributed by atoms with van der Waals surface area (Å²) in [6.07, 6.45) is 13.7. The van der Waals surface area contributed by atoms with Gasteiger partial charge in [-0.05, 0) is 125 Å². The van der Waals surface area contributed by atoms with Gasteiger partial charge in [-0.2, -0.15) is 0 Å². The van der Waals surface area contributed by atoms with Gasteiger partial charge in [-0.25, -0.2) is 0 Å². The zero-order valence-electron chi connectivity index (χ0n) is 21.8. The molecule has 0 unspecified atom stereocenters. The molecule has 9 atom stereocenters. The molecule has 0 aromatic rings. The van der Waals surface area contributed by atoms with Gasteiger partial charge < -0.3 is 0 Å². The van der Waals surface area contributed by atoms with Crippen LogP contribution in [0, 0.1) is 67.5 Å². The second-order valence-electron chi connectivity index (χ2n) is 15.9. The Balaban J connectivity index is 1.53. The zero-order chi connectivity index (χ0) is 21.8. The van der Waals surface area contributed by atoms with Crippen LogP contribution in [-0.4, -0.2) is 0 Å². The third-order valence-corrected chi connectivity index (χ3v) is 15.3. The van der Waals surface area contributed by atoms with Gasteiger partial charge >= 0.3 is 0 Å². The minimum absolute atomic E-state index is 0.499. The summed E-state index contributed by atoms with van der Waals surface area (Å²) in [5.41, 5.74) is 3.78. The van der Waals surface area contributed by atoms with Crippen LogP contribution in [0.5, 0.6) is 0 Å². The normalized spacial score (nSPS) is 61.3. The van der Waals surface area contributed by atoms with Crippen LogP contribution in [0.3, 0.4) is 0 Å². The van der Waals surface area contributed by atoms with E-state index in [4.69, 9.17) is 0 Å². The van der Waals surface area contributed by atoms with Gasteiger partial charge in [0.15, 0.2) is 0 Å². The Morgan fingerprint density at radius 2 is 1.00 bits per heavy atom. The van der Waals surface area contributed by atoms with Crippen LogP contribution in [0.1, 0.15) is 120 Å². The Labute approximate surface area is 187 Å². The molecule has 9 saturated carbocycles. The van der Waals surface area contributed by atoms with Gasteiger partial charge in [-0.1, -0.05) is 62.3 Å². The number of fused-ring (bicyclic) bond motifs is 7. The average Bonchev–Trinajstić information content (AvgIpc) is 2.66. The quantitative estimate of drug-likeness (QED) is 0.427. The van der Waals surface area contributed by atoms with Crippen molar-refractivity contribution in [2.75, 3.05) is 0 Å². The highest BCUT2D eigenvalue weighted by Crippen LogP contribution is 2.89. The second-order valence-corrected chi connectivity index (χ2v) is 15.9. The summed E-state index contributed by atoms with van der Waals surface area (Å²) >= 11 is 0. The maximum absolute atomic E-state index is 2.86. The highest BCUT2D eigenvalue weighted by molar-refractivity contribution is 5.31. The Morgan fingerprint density at radius 1 is 0.533 bits per heavy atom. The van der Waals surface area contributed by atoms with Crippen molar-refractivity contribution in [2.45, 2.75) is 120 Å². The molecule has 0 spiro atoms. The van der Waals surface area contributed by atoms with Crippen LogP contribution in [0.2, 0.25) is 0 Å². The van der Waals surface area contributed by atoms with E-state index < -0.39 is 0 Å². The smallest absolute Gasteiger partial charge is 0.0125 e. The van der Waals surface area contributed by atoms with Crippen LogP contribution in [-0.2, 0) is 0 Å². The van der Waals surface area contributed by atoms with E-state index in [-0.39, 0.29) is 0 Å². The van der Waals surface area contributed by atoms with E-state index in [1.54, 1.807) is 6.42 Å². The maximum Gasteiger partial charge on any atom is -0.0125 e. The molecule has 170 valence electrons. The van der Waals surface area contributed by atoms with Gasteiger partial charge in [0.05, 0.1) is 0 Å². The third kappa shape index (κ3) is 1.72. The van der Waals surface area contributed by atoms with Crippen molar-refractivity contribution in [3.05, 3.63) is 0 Å². The molecular weight excluding hydrogens is 360 g/mol. The summed E-state index contributed by atoms with van der Waals surface area (Å²) in [7, 11) is 0. The molecule has 0 heterocycles. The van der Waals surface area contributed by atoms with E-state index in [9.17, 15) is 0 Å². The molecule has 9 rings (SSSR count). The molecule has 9 aliphatic rings. The molecule has 0 N–H and O–H groups in total. The molecule has 0 heteroatoms. The van der Waals surface area contributed by atoms with Gasteiger partial charge in [0.2, 0.25) is 0 Å².